The van der Waals surface area contributed by atoms with E-state index in [2.05, 4.69) is 17.2 Å². The van der Waals surface area contributed by atoms with E-state index in [1.165, 1.54) is 52.4 Å². The normalized spacial score (nSPS) is 32.6. The minimum Gasteiger partial charge on any atom is -0.507 e. The number of phenols is 1. The first-order valence-corrected chi connectivity index (χ1v) is 19.6. The van der Waals surface area contributed by atoms with E-state index in [9.17, 15) is 39.3 Å². The number of hydrogen-bond acceptors (Lipinski definition) is 14. The highest BCUT2D eigenvalue weighted by molar-refractivity contribution is 6.32. The predicted molar refractivity (Wildman–Crippen MR) is 213 cm³/mol. The molecule has 0 unspecified atom stereocenters. The van der Waals surface area contributed by atoms with Crippen LogP contribution in [0.25, 0.3) is 0 Å². The van der Waals surface area contributed by atoms with Crippen molar-refractivity contribution < 1.29 is 63.0 Å². The molecule has 59 heavy (non-hydrogen) atoms. The Morgan fingerprint density at radius 3 is 2.32 bits per heavy atom. The van der Waals surface area contributed by atoms with Gasteiger partial charge in [0.25, 0.3) is 11.7 Å². The molecule has 1 aromatic carbocycles. The number of ether oxygens (including phenoxy) is 5. The summed E-state index contributed by atoms with van der Waals surface area (Å²) in [6, 6.07) is 0. The number of rotatable bonds is 5. The average Bonchev–Trinajstić information content (AvgIpc) is 3.48. The summed E-state index contributed by atoms with van der Waals surface area (Å²) in [5, 5.41) is 39.7. The molecule has 9 atom stereocenters. The van der Waals surface area contributed by atoms with Crippen molar-refractivity contribution in [1.29, 1.82) is 0 Å². The summed E-state index contributed by atoms with van der Waals surface area (Å²) >= 11 is 0. The lowest BCUT2D eigenvalue weighted by molar-refractivity contribution is -0.116. The number of amides is 2. The van der Waals surface area contributed by atoms with E-state index in [-0.39, 0.29) is 72.3 Å². The van der Waals surface area contributed by atoms with Gasteiger partial charge in [0, 0.05) is 68.5 Å². The number of hydrogen-bond donors (Lipinski definition) is 5. The zero-order valence-corrected chi connectivity index (χ0v) is 34.7. The number of methoxy groups -OCH3 is 1. The molecule has 2 amide bonds. The first kappa shape index (κ1) is 44.8. The Labute approximate surface area is 343 Å². The Balaban J connectivity index is 1.65. The van der Waals surface area contributed by atoms with Crippen molar-refractivity contribution in [3.05, 3.63) is 82.4 Å². The fraction of sp³-hybridized carbons (Fsp3) is 0.512. The molecule has 16 nitrogen and oxygen atoms in total. The fourth-order valence-corrected chi connectivity index (χ4v) is 7.89. The molecule has 0 aromatic heterocycles. The Kier molecular flexibility index (Phi) is 13.9. The van der Waals surface area contributed by atoms with Crippen LogP contribution in [0.4, 0.5) is 4.79 Å². The number of carbonyl (C=O) groups is 5. The molecule has 0 radical (unpaired) electrons. The third kappa shape index (κ3) is 8.72. The van der Waals surface area contributed by atoms with E-state index in [0.29, 0.717) is 0 Å². The van der Waals surface area contributed by atoms with Crippen molar-refractivity contribution >= 4 is 29.4 Å². The molecule has 4 heterocycles. The molecule has 6 rings (SSSR count). The standard InChI is InChI=1S/C43H55N3O13/c1-10-15-44-42(54)58-38-23(4)27(55-9)14-18-57-43(8)40(52)30-28-29(35(49)26(7)39(30)59-43)36(50)31(32(37(28)51)46-16-19-56-20-17-46)45-41(53)22(3)13-11-12-21(2)33(47)24(5)34(48)25(38)6/h10-14,18,21,23-25,27,33-34,38,47-49H,1,15-17,19-20H2,2-9H3,(H,44,54)(H,45,53)/b12-11+,18-14+,22-13-/t21-,23+,24+,25+,27-,33-,34+,38+,43-/m0/s1. The quantitative estimate of drug-likeness (QED) is 0.268. The van der Waals surface area contributed by atoms with E-state index in [1.807, 2.05) is 0 Å². The van der Waals surface area contributed by atoms with Crippen LogP contribution in [0.5, 0.6) is 11.5 Å². The fourth-order valence-electron chi connectivity index (χ4n) is 7.89. The first-order chi connectivity index (χ1) is 27.9. The maximum Gasteiger partial charge on any atom is 0.407 e. The van der Waals surface area contributed by atoms with Gasteiger partial charge in [-0.3, -0.25) is 19.2 Å². The Bertz CT molecular complexity index is 2000. The molecule has 320 valence electrons. The van der Waals surface area contributed by atoms with Crippen molar-refractivity contribution in [1.82, 2.24) is 15.5 Å². The maximum atomic E-state index is 14.7. The first-order valence-electron chi connectivity index (χ1n) is 19.6. The topological polar surface area (TPSA) is 219 Å². The van der Waals surface area contributed by atoms with Crippen LogP contribution in [-0.2, 0) is 23.7 Å². The van der Waals surface area contributed by atoms with Crippen LogP contribution >= 0.6 is 0 Å². The van der Waals surface area contributed by atoms with Crippen LogP contribution in [-0.4, -0.2) is 120 Å². The highest BCUT2D eigenvalue weighted by Crippen LogP contribution is 2.49. The van der Waals surface area contributed by atoms with Gasteiger partial charge in [-0.25, -0.2) is 4.79 Å². The number of nitrogens with zero attached hydrogens (tertiary/aromatic N) is 1. The molecule has 1 saturated heterocycles. The molecule has 1 aliphatic carbocycles. The summed E-state index contributed by atoms with van der Waals surface area (Å²) in [6.07, 6.45) is 3.89. The van der Waals surface area contributed by atoms with Crippen LogP contribution in [0.3, 0.4) is 0 Å². The molecule has 5 aliphatic rings. The van der Waals surface area contributed by atoms with Gasteiger partial charge in [-0.05, 0) is 19.9 Å². The summed E-state index contributed by atoms with van der Waals surface area (Å²) in [4.78, 5) is 71.7. The van der Waals surface area contributed by atoms with E-state index in [0.717, 1.165) is 0 Å². The van der Waals surface area contributed by atoms with Crippen LogP contribution in [0, 0.1) is 30.6 Å². The van der Waals surface area contributed by atoms with Gasteiger partial charge in [-0.15, -0.1) is 6.58 Å². The number of nitrogens with one attached hydrogen (secondary N) is 2. The number of morpholine rings is 1. The van der Waals surface area contributed by atoms with Gasteiger partial charge in [0.05, 0.1) is 54.5 Å². The Morgan fingerprint density at radius 2 is 1.68 bits per heavy atom. The zero-order valence-electron chi connectivity index (χ0n) is 34.7. The summed E-state index contributed by atoms with van der Waals surface area (Å²) < 4.78 is 29.2. The number of allylic oxidation sites excluding steroid dienone is 4. The SMILES string of the molecule is C=CCNC(=O)O[C@H]1[C@H](C)[C@H](O)[C@H](C)[C@@H](O)[C@@H](C)/C=C/C=C(/C)C(=O)NC2=C(N3CCOCC3)C(=O)c3c(c(O)c(C)c4c3C(=O)[C@@](C)(O/C=C/[C@H](OC)[C@H]1C)O4)C2=O. The lowest BCUT2D eigenvalue weighted by Gasteiger charge is -2.38. The van der Waals surface area contributed by atoms with Gasteiger partial charge in [0.2, 0.25) is 11.6 Å². The molecular weight excluding hydrogens is 766 g/mol. The van der Waals surface area contributed by atoms with Crippen LogP contribution in [0.2, 0.25) is 0 Å². The zero-order chi connectivity index (χ0) is 43.5. The molecule has 0 spiro atoms. The third-order valence-electron chi connectivity index (χ3n) is 11.6. The number of aliphatic hydroxyl groups excluding tert-OH is 2. The number of alkyl carbamates (subject to hydrolysis) is 1. The molecule has 5 bridgehead atoms. The summed E-state index contributed by atoms with van der Waals surface area (Å²) in [7, 11) is 1.42. The van der Waals surface area contributed by atoms with E-state index in [4.69, 9.17) is 23.7 Å². The highest BCUT2D eigenvalue weighted by atomic mass is 16.7. The molecule has 4 aliphatic heterocycles. The molecule has 16 heteroatoms. The number of benzene rings is 1. The number of aliphatic hydroxyl groups is 2. The van der Waals surface area contributed by atoms with Crippen molar-refractivity contribution in [2.24, 2.45) is 23.7 Å². The van der Waals surface area contributed by atoms with Gasteiger partial charge >= 0.3 is 11.9 Å². The Hall–Kier alpha value is -5.29. The number of fused-ring (bicyclic) bond motifs is 14. The van der Waals surface area contributed by atoms with Crippen molar-refractivity contribution in [3.8, 4) is 11.5 Å². The lowest BCUT2D eigenvalue weighted by atomic mass is 9.78. The van der Waals surface area contributed by atoms with Gasteiger partial charge in [0.1, 0.15) is 29.0 Å². The van der Waals surface area contributed by atoms with Gasteiger partial charge in [0.15, 0.2) is 0 Å². The molecule has 1 aromatic rings. The van der Waals surface area contributed by atoms with E-state index in [1.54, 1.807) is 44.7 Å². The van der Waals surface area contributed by atoms with Crippen LogP contribution in [0.1, 0.15) is 78.2 Å². The summed E-state index contributed by atoms with van der Waals surface area (Å²) in [6.45, 7) is 15.6. The van der Waals surface area contributed by atoms with Crippen molar-refractivity contribution in [3.63, 3.8) is 0 Å². The second-order valence-corrected chi connectivity index (χ2v) is 15.6. The largest absolute Gasteiger partial charge is 0.507 e. The number of Topliss-reactive ketones (excluding diaryl/α,β-unsaturated/α-hetero) is 3. The van der Waals surface area contributed by atoms with Crippen LogP contribution < -0.4 is 15.4 Å². The number of ketones is 3. The van der Waals surface area contributed by atoms with Gasteiger partial charge in [-0.2, -0.15) is 0 Å². The maximum absolute atomic E-state index is 14.7. The lowest BCUT2D eigenvalue weighted by Crippen LogP contribution is -2.47. The smallest absolute Gasteiger partial charge is 0.407 e. The number of aromatic hydroxyl groups is 1. The molecule has 5 N–H and O–H groups in total. The van der Waals surface area contributed by atoms with Crippen molar-refractivity contribution in [2.75, 3.05) is 40.0 Å². The van der Waals surface area contributed by atoms with Crippen LogP contribution in [0.15, 0.2) is 60.2 Å². The predicted octanol–water partition coefficient (Wildman–Crippen LogP) is 3.64. The monoisotopic (exact) mass is 821 g/mol. The third-order valence-corrected chi connectivity index (χ3v) is 11.6. The van der Waals surface area contributed by atoms with E-state index >= 15 is 0 Å². The van der Waals surface area contributed by atoms with Gasteiger partial charge < -0.3 is 54.5 Å². The molecular formula is C43H55N3O13. The second-order valence-electron chi connectivity index (χ2n) is 15.6. The highest BCUT2D eigenvalue weighted by Gasteiger charge is 2.53. The average molecular weight is 822 g/mol. The number of carbonyl (C=O) groups excluding carboxylic acids is 5. The minimum atomic E-state index is -2.09. The number of phenolic OH excluding ortho intramolecular Hbond substituents is 1. The second kappa shape index (κ2) is 18.3. The van der Waals surface area contributed by atoms with Crippen molar-refractivity contribution in [2.45, 2.75) is 78.7 Å². The summed E-state index contributed by atoms with van der Waals surface area (Å²) in [5.74, 6) is -8.76. The summed E-state index contributed by atoms with van der Waals surface area (Å²) in [5.41, 5.74) is -1.52. The van der Waals surface area contributed by atoms with Gasteiger partial charge in [-0.1, -0.05) is 52.0 Å². The minimum absolute atomic E-state index is 0.00650. The molecule has 0 saturated carbocycles. The van der Waals surface area contributed by atoms with E-state index < -0.39 is 94.5 Å². The Morgan fingerprint density at radius 1 is 1.00 bits per heavy atom. The molecule has 1 fully saturated rings.